The molecule has 24 heavy (non-hydrogen) atoms. The van der Waals surface area contributed by atoms with Crippen molar-refractivity contribution in [2.45, 2.75) is 39.7 Å². The lowest BCUT2D eigenvalue weighted by molar-refractivity contribution is -0.243. The van der Waals surface area contributed by atoms with E-state index in [1.54, 1.807) is 20.8 Å². The third kappa shape index (κ3) is 5.51. The first-order valence-corrected chi connectivity index (χ1v) is 9.26. The molecule has 138 valence electrons. The first kappa shape index (κ1) is 21.0. The summed E-state index contributed by atoms with van der Waals surface area (Å²) in [5.74, 6) is -9.84. The van der Waals surface area contributed by atoms with Gasteiger partial charge in [0.1, 0.15) is 0 Å². The van der Waals surface area contributed by atoms with E-state index in [2.05, 4.69) is 0 Å². The van der Waals surface area contributed by atoms with Crippen LogP contribution in [-0.4, -0.2) is 29.5 Å². The fourth-order valence-corrected chi connectivity index (χ4v) is 3.19. The minimum absolute atomic E-state index is 0.268. The summed E-state index contributed by atoms with van der Waals surface area (Å²) in [5.41, 5.74) is -0.793. The molecule has 1 aromatic rings. The Morgan fingerprint density at radius 2 is 1.29 bits per heavy atom. The highest BCUT2D eigenvalue weighted by atomic mass is 28.2. The van der Waals surface area contributed by atoms with Crippen LogP contribution in [0.4, 0.5) is 22.0 Å². The van der Waals surface area contributed by atoms with Crippen molar-refractivity contribution in [2.24, 2.45) is 5.92 Å². The summed E-state index contributed by atoms with van der Waals surface area (Å²) in [6, 6.07) is 0.468. The molecular formula is C15H21F5O3Si. The van der Waals surface area contributed by atoms with E-state index >= 15 is 0 Å². The summed E-state index contributed by atoms with van der Waals surface area (Å²) in [6.07, 6.45) is -0.268. The van der Waals surface area contributed by atoms with Gasteiger partial charge in [0.25, 0.3) is 6.48 Å². The Kier molecular flexibility index (Phi) is 8.82. The zero-order valence-corrected chi connectivity index (χ0v) is 15.2. The molecule has 0 N–H and O–H groups in total. The van der Waals surface area contributed by atoms with Crippen LogP contribution in [0.25, 0.3) is 0 Å². The van der Waals surface area contributed by atoms with Gasteiger partial charge in [-0.3, -0.25) is 0 Å². The highest BCUT2D eigenvalue weighted by molar-refractivity contribution is 6.27. The van der Waals surface area contributed by atoms with E-state index in [0.29, 0.717) is 19.3 Å². The fraction of sp³-hybridized carbons (Fsp3) is 0.600. The van der Waals surface area contributed by atoms with Gasteiger partial charge in [0, 0.05) is 18.8 Å². The molecule has 0 heterocycles. The molecule has 0 saturated carbocycles. The van der Waals surface area contributed by atoms with Crippen molar-refractivity contribution in [3.63, 3.8) is 0 Å². The SMILES string of the molecule is CCOC(OCC)O[SiH2]CC(C)Cc1c(F)c(F)c(F)c(F)c1F. The van der Waals surface area contributed by atoms with Gasteiger partial charge in [-0.2, -0.15) is 0 Å². The van der Waals surface area contributed by atoms with Gasteiger partial charge in [-0.15, -0.1) is 0 Å². The second-order valence-electron chi connectivity index (χ2n) is 5.22. The Bertz CT molecular complexity index is 509. The number of hydrogen-bond donors (Lipinski definition) is 0. The maximum atomic E-state index is 13.6. The highest BCUT2D eigenvalue weighted by Crippen LogP contribution is 2.26. The van der Waals surface area contributed by atoms with E-state index in [1.807, 2.05) is 0 Å². The molecule has 0 aromatic heterocycles. The van der Waals surface area contributed by atoms with Gasteiger partial charge in [-0.25, -0.2) is 22.0 Å². The quantitative estimate of drug-likeness (QED) is 0.207. The summed E-state index contributed by atoms with van der Waals surface area (Å²) < 4.78 is 82.5. The first-order chi connectivity index (χ1) is 11.3. The largest absolute Gasteiger partial charge is 0.379 e. The Morgan fingerprint density at radius 1 is 0.833 bits per heavy atom. The summed E-state index contributed by atoms with van der Waals surface area (Å²) in [5, 5.41) is 0. The number of benzene rings is 1. The van der Waals surface area contributed by atoms with Crippen molar-refractivity contribution in [1.82, 2.24) is 0 Å². The summed E-state index contributed by atoms with van der Waals surface area (Å²) >= 11 is 0. The smallest absolute Gasteiger partial charge is 0.261 e. The summed E-state index contributed by atoms with van der Waals surface area (Å²) in [7, 11) is -1.15. The first-order valence-electron chi connectivity index (χ1n) is 7.68. The third-order valence-corrected chi connectivity index (χ3v) is 5.05. The van der Waals surface area contributed by atoms with Gasteiger partial charge in [0.2, 0.25) is 5.82 Å². The molecule has 0 amide bonds. The lowest BCUT2D eigenvalue weighted by atomic mass is 10.0. The number of halogens is 5. The average Bonchev–Trinajstić information content (AvgIpc) is 2.55. The van der Waals surface area contributed by atoms with Gasteiger partial charge in [-0.1, -0.05) is 6.92 Å². The van der Waals surface area contributed by atoms with Gasteiger partial charge in [0.15, 0.2) is 33.0 Å². The molecular weight excluding hydrogens is 351 g/mol. The van der Waals surface area contributed by atoms with Gasteiger partial charge >= 0.3 is 0 Å². The van der Waals surface area contributed by atoms with Crippen LogP contribution in [0, 0.1) is 35.0 Å². The molecule has 9 heteroatoms. The highest BCUT2D eigenvalue weighted by Gasteiger charge is 2.26. The van der Waals surface area contributed by atoms with Crippen LogP contribution in [0.2, 0.25) is 6.04 Å². The van der Waals surface area contributed by atoms with Crippen LogP contribution in [0.15, 0.2) is 0 Å². The second-order valence-corrected chi connectivity index (χ2v) is 6.54. The van der Waals surface area contributed by atoms with Crippen molar-refractivity contribution in [1.29, 1.82) is 0 Å². The minimum atomic E-state index is -2.14. The second kappa shape index (κ2) is 10.1. The molecule has 0 saturated heterocycles. The van der Waals surface area contributed by atoms with Gasteiger partial charge in [-0.05, 0) is 32.2 Å². The van der Waals surface area contributed by atoms with Crippen molar-refractivity contribution in [2.75, 3.05) is 13.2 Å². The molecule has 0 radical (unpaired) electrons. The zero-order chi connectivity index (χ0) is 18.3. The molecule has 3 nitrogen and oxygen atoms in total. The van der Waals surface area contributed by atoms with Crippen LogP contribution in [0.1, 0.15) is 26.3 Å². The van der Waals surface area contributed by atoms with E-state index in [-0.39, 0.29) is 12.3 Å². The minimum Gasteiger partial charge on any atom is -0.379 e. The third-order valence-electron chi connectivity index (χ3n) is 3.32. The molecule has 0 aliphatic carbocycles. The molecule has 0 fully saturated rings. The molecule has 1 aromatic carbocycles. The average molecular weight is 372 g/mol. The van der Waals surface area contributed by atoms with Crippen LogP contribution >= 0.6 is 0 Å². The van der Waals surface area contributed by atoms with E-state index < -0.39 is 50.9 Å². The Hall–Kier alpha value is -1.03. The van der Waals surface area contributed by atoms with Crippen molar-refractivity contribution in [3.8, 4) is 0 Å². The Balaban J connectivity index is 2.64. The molecule has 0 bridgehead atoms. The lowest BCUT2D eigenvalue weighted by Gasteiger charge is -2.19. The molecule has 0 aliphatic rings. The standard InChI is InChI=1S/C15H21F5O3Si/c1-4-21-15(22-5-2)23-24-7-8(3)6-9-10(16)12(18)14(20)13(19)11(9)17/h8,15H,4-7,24H2,1-3H3. The number of ether oxygens (including phenoxy) is 2. The van der Waals surface area contributed by atoms with Crippen molar-refractivity contribution >= 4 is 9.76 Å². The maximum Gasteiger partial charge on any atom is 0.261 e. The lowest BCUT2D eigenvalue weighted by Crippen LogP contribution is -2.24. The van der Waals surface area contributed by atoms with E-state index in [0.717, 1.165) is 0 Å². The maximum absolute atomic E-state index is 13.6. The normalized spacial score (nSPS) is 13.4. The van der Waals surface area contributed by atoms with Crippen molar-refractivity contribution in [3.05, 3.63) is 34.6 Å². The monoisotopic (exact) mass is 372 g/mol. The van der Waals surface area contributed by atoms with Crippen molar-refractivity contribution < 1.29 is 35.9 Å². The van der Waals surface area contributed by atoms with E-state index in [1.165, 1.54) is 0 Å². The molecule has 1 atom stereocenters. The molecule has 0 spiro atoms. The van der Waals surface area contributed by atoms with Crippen LogP contribution in [0.5, 0.6) is 0 Å². The predicted molar refractivity (Wildman–Crippen MR) is 80.6 cm³/mol. The van der Waals surface area contributed by atoms with E-state index in [4.69, 9.17) is 13.9 Å². The Labute approximate surface area is 140 Å². The molecule has 0 aliphatic heterocycles. The molecule has 1 unspecified atom stereocenters. The summed E-state index contributed by atoms with van der Waals surface area (Å²) in [4.78, 5) is 0. The van der Waals surface area contributed by atoms with Crippen LogP contribution in [0.3, 0.4) is 0 Å². The Morgan fingerprint density at radius 3 is 1.75 bits per heavy atom. The molecule has 1 rings (SSSR count). The van der Waals surface area contributed by atoms with Gasteiger partial charge < -0.3 is 13.9 Å². The van der Waals surface area contributed by atoms with Gasteiger partial charge in [0.05, 0.1) is 0 Å². The number of hydrogen-bond acceptors (Lipinski definition) is 3. The zero-order valence-electron chi connectivity index (χ0n) is 13.8. The van der Waals surface area contributed by atoms with Crippen LogP contribution < -0.4 is 0 Å². The predicted octanol–water partition coefficient (Wildman–Crippen LogP) is 3.44. The number of rotatable bonds is 10. The van der Waals surface area contributed by atoms with Crippen LogP contribution in [-0.2, 0) is 20.3 Å². The van der Waals surface area contributed by atoms with E-state index in [9.17, 15) is 22.0 Å². The topological polar surface area (TPSA) is 27.7 Å². The fourth-order valence-electron chi connectivity index (χ4n) is 2.06. The summed E-state index contributed by atoms with van der Waals surface area (Å²) in [6.45, 7) is 5.24.